The van der Waals surface area contributed by atoms with Gasteiger partial charge in [-0.05, 0) is 148 Å². The third kappa shape index (κ3) is 22.4. The fourth-order valence-corrected chi connectivity index (χ4v) is 17.1. The molecule has 14 rings (SSSR count). The molecule has 128 heavy (non-hydrogen) atoms. The number of rotatable bonds is 27. The van der Waals surface area contributed by atoms with Crippen molar-refractivity contribution >= 4 is 70.5 Å². The number of likely N-dealkylation sites (N-methyl/N-ethyl adjacent to an activating group) is 1. The maximum absolute atomic E-state index is 16.6. The second-order valence-electron chi connectivity index (χ2n) is 34.1. The van der Waals surface area contributed by atoms with Crippen LogP contribution < -0.4 is 72.9 Å². The van der Waals surface area contributed by atoms with E-state index in [1.54, 1.807) is 13.8 Å². The van der Waals surface area contributed by atoms with Crippen molar-refractivity contribution < 1.29 is 132 Å². The van der Waals surface area contributed by atoms with Crippen LogP contribution in [0.25, 0.3) is 11.1 Å². The number of carboxylic acids is 1. The van der Waals surface area contributed by atoms with Crippen molar-refractivity contribution in [2.24, 2.45) is 17.4 Å². The molecule has 6 aromatic carbocycles. The van der Waals surface area contributed by atoms with Gasteiger partial charge in [0.05, 0.1) is 60.1 Å². The van der Waals surface area contributed by atoms with E-state index in [2.05, 4.69) is 49.5 Å². The number of carbonyl (C=O) groups is 8. The monoisotopic (exact) mass is 1820 g/mol. The number of aliphatic carboxylic acids is 1. The molecule has 6 aromatic rings. The van der Waals surface area contributed by atoms with Crippen LogP contribution in [0.15, 0.2) is 103 Å². The number of phenolic OH excluding ortho intramolecular Hbond substituents is 3. The minimum absolute atomic E-state index is 0.117. The highest BCUT2D eigenvalue weighted by molar-refractivity contribution is 6.32. The maximum Gasteiger partial charge on any atom is 0.330 e. The first kappa shape index (κ1) is 96.8. The summed E-state index contributed by atoms with van der Waals surface area (Å²) in [5, 5.41) is 138. The zero-order chi connectivity index (χ0) is 92.7. The van der Waals surface area contributed by atoms with E-state index in [9.17, 15) is 65.4 Å². The number of ether oxygens (including phenoxy) is 9. The molecule has 8 heterocycles. The lowest BCUT2D eigenvalue weighted by Gasteiger charge is -2.48. The van der Waals surface area contributed by atoms with Crippen molar-refractivity contribution in [1.29, 1.82) is 0 Å². The van der Waals surface area contributed by atoms with Gasteiger partial charge in [0.2, 0.25) is 53.4 Å². The standard InChI is InChI=1S/C89H112Cl2N10O27/c1-9-10-11-12-13-14-15-26-120-49-21-16-43(17-22-49)38-95-89(7)37-65(122-42(5)79(89)111)127-77-74(109)73(108)62(39-102)125-87(77)128-76-60-31-47-32-61(76)124-59-25-20-46(30-53(59)91)75(126-64-36-88(6,93)78(110)41(4)121-64)71-85(117)99-69(86(118)119)51-33-48(103)34-57(105)66(51)50-28-44(18-23-56(50)104)67(82(114)101-71)98-83(115)68(47)97-81(113)55(35-63(92)106)96-84(116)70(100-80(112)54(94-8)27-40(2)3)72(107)45-19-24-58(123-60)52(90)29-45/h16-25,28-34,40-42,54-55,62,64-65,67-75,77-79,87,94-95,102-105,107-111H,9-15,26-27,35-39,93H2,1-8H3,(H2,92,106)(H,96,116)(H,97,113)(H,98,115)(H,99,117)(H,100,112)(H,101,114)(H,118,119)/t41-,42-,54+,55-,62+,64-,65-,67+,68+,69+,70+,71-,72+,73+,74-,75+,77+,78+,79+,87-,88-,89-/m0/s1. The third-order valence-electron chi connectivity index (χ3n) is 23.7. The number of hydrogen-bond donors (Lipinski definition) is 20. The van der Waals surface area contributed by atoms with Crippen molar-refractivity contribution in [3.05, 3.63) is 147 Å². The number of aromatic hydroxyl groups is 3. The summed E-state index contributed by atoms with van der Waals surface area (Å²) in [5.74, 6) is -15.4. The van der Waals surface area contributed by atoms with Crippen LogP contribution in [0.2, 0.25) is 10.0 Å². The third-order valence-corrected chi connectivity index (χ3v) is 24.3. The number of benzene rings is 6. The first-order valence-corrected chi connectivity index (χ1v) is 43.3. The van der Waals surface area contributed by atoms with Gasteiger partial charge in [0.15, 0.2) is 36.2 Å². The number of aliphatic hydroxyl groups excluding tert-OH is 6. The summed E-state index contributed by atoms with van der Waals surface area (Å²) < 4.78 is 59.1. The molecule has 8 aliphatic rings. The quantitative estimate of drug-likeness (QED) is 0.0291. The average molecular weight is 1820 g/mol. The van der Waals surface area contributed by atoms with Crippen LogP contribution in [0.1, 0.15) is 183 Å². The molecule has 0 radical (unpaired) electrons. The minimum Gasteiger partial charge on any atom is -0.508 e. The van der Waals surface area contributed by atoms with Crippen LogP contribution in [0, 0.1) is 5.92 Å². The number of nitrogens with two attached hydrogens (primary N) is 2. The molecule has 37 nitrogen and oxygen atoms in total. The van der Waals surface area contributed by atoms with E-state index in [1.807, 2.05) is 38.1 Å². The molecule has 0 saturated carbocycles. The highest BCUT2D eigenvalue weighted by Gasteiger charge is 2.53. The van der Waals surface area contributed by atoms with Crippen molar-refractivity contribution in [3.8, 4) is 62.9 Å². The summed E-state index contributed by atoms with van der Waals surface area (Å²) in [5.41, 5.74) is 7.84. The molecule has 0 unspecified atom stereocenters. The Morgan fingerprint density at radius 1 is 0.648 bits per heavy atom. The number of aliphatic hydroxyl groups is 6. The number of fused-ring (bicyclic) bond motifs is 15. The second-order valence-corrected chi connectivity index (χ2v) is 34.9. The summed E-state index contributed by atoms with van der Waals surface area (Å²) in [6.45, 7) is 11.8. The first-order chi connectivity index (χ1) is 60.8. The van der Waals surface area contributed by atoms with E-state index < -0.39 is 261 Å². The number of carboxylic acid groups (broad SMARTS) is 1. The lowest BCUT2D eigenvalue weighted by Crippen LogP contribution is -2.65. The van der Waals surface area contributed by atoms with Gasteiger partial charge in [-0.25, -0.2) is 4.79 Å². The highest BCUT2D eigenvalue weighted by atomic mass is 35.5. The van der Waals surface area contributed by atoms with Crippen molar-refractivity contribution in [3.63, 3.8) is 0 Å². The number of nitrogens with one attached hydrogen (secondary N) is 8. The topological polar surface area (TPSA) is 570 Å². The Hall–Kier alpha value is -10.3. The summed E-state index contributed by atoms with van der Waals surface area (Å²) in [6, 6.07) is 7.12. The smallest absolute Gasteiger partial charge is 0.330 e. The maximum atomic E-state index is 16.6. The van der Waals surface area contributed by atoms with Gasteiger partial charge >= 0.3 is 5.97 Å². The van der Waals surface area contributed by atoms with E-state index in [0.717, 1.165) is 73.4 Å². The number of amides is 7. The molecule has 0 spiro atoms. The summed E-state index contributed by atoms with van der Waals surface area (Å²) in [4.78, 5) is 121. The molecule has 8 aliphatic heterocycles. The number of phenols is 3. The Balaban J connectivity index is 1.04. The zero-order valence-electron chi connectivity index (χ0n) is 71.7. The van der Waals surface area contributed by atoms with Crippen LogP contribution in [0.4, 0.5) is 0 Å². The lowest BCUT2D eigenvalue weighted by atomic mass is 9.84. The predicted octanol–water partition coefficient (Wildman–Crippen LogP) is 5.30. The number of halogens is 2. The normalized spacial score (nSPS) is 29.3. The van der Waals surface area contributed by atoms with Gasteiger partial charge in [0, 0.05) is 53.2 Å². The van der Waals surface area contributed by atoms with Gasteiger partial charge in [-0.3, -0.25) is 33.6 Å². The fraction of sp³-hybridized carbons (Fsp3) is 0.506. The molecular formula is C89H112Cl2N10O27. The van der Waals surface area contributed by atoms with Gasteiger partial charge in [0.1, 0.15) is 95.2 Å². The van der Waals surface area contributed by atoms with Crippen molar-refractivity contribution in [2.75, 3.05) is 20.3 Å². The molecule has 694 valence electrons. The molecule has 0 aliphatic carbocycles. The molecule has 22 atom stereocenters. The predicted molar refractivity (Wildman–Crippen MR) is 458 cm³/mol. The average Bonchev–Trinajstić information content (AvgIpc) is 0.771. The molecule has 3 fully saturated rings. The number of unbranched alkanes of at least 4 members (excludes halogenated alkanes) is 6. The molecule has 0 aromatic heterocycles. The van der Waals surface area contributed by atoms with E-state index >= 15 is 24.0 Å². The van der Waals surface area contributed by atoms with Crippen LogP contribution in [-0.4, -0.2) is 222 Å². The fourth-order valence-electron chi connectivity index (χ4n) is 16.7. The highest BCUT2D eigenvalue weighted by Crippen LogP contribution is 2.51. The van der Waals surface area contributed by atoms with Crippen LogP contribution >= 0.6 is 23.2 Å². The van der Waals surface area contributed by atoms with Gasteiger partial charge in [-0.15, -0.1) is 0 Å². The molecule has 22 N–H and O–H groups in total. The molecule has 3 saturated heterocycles. The minimum atomic E-state index is -2.39. The van der Waals surface area contributed by atoms with Crippen LogP contribution in [0.3, 0.4) is 0 Å². The number of hydrogen-bond acceptors (Lipinski definition) is 29. The van der Waals surface area contributed by atoms with Gasteiger partial charge in [0.25, 0.3) is 0 Å². The summed E-state index contributed by atoms with van der Waals surface area (Å²) >= 11 is 14.7. The van der Waals surface area contributed by atoms with Crippen LogP contribution in [-0.2, 0) is 68.6 Å². The Morgan fingerprint density at radius 2 is 1.26 bits per heavy atom. The SMILES string of the molecule is CCCCCCCCCOc1ccc(CN[C@@]2(C)C[C@H](O[C@H]3[C@H](Oc4c5cc6cc4Oc4ccc(cc4Cl)[C@@H](O[C@H]4C[C@](C)(N)[C@H](O)[C@H](C)O4)[C@@H]4NC(=O)[C@H](NC(=O)[C@@H]6NC(=O)[C@H](CC(N)=O)NC(=O)[C@H](NC(=O)[C@@H](CC(C)C)NC)[C@H](O)c6ccc(c(Cl)c6)O5)c5ccc(O)c(c5)-c5c(O)cc(O)cc5[C@H](C(=O)O)NC4=O)O[C@H](CO)[C@@H](O)[C@@H]3O)O[C@@H](C)[C@H]2O)cc1. The Kier molecular flexibility index (Phi) is 31.5. The van der Waals surface area contributed by atoms with Gasteiger partial charge in [-0.2, -0.15) is 0 Å². The van der Waals surface area contributed by atoms with Gasteiger partial charge < -0.3 is 148 Å². The summed E-state index contributed by atoms with van der Waals surface area (Å²) in [7, 11) is 1.48. The molecule has 7 amide bonds. The molecule has 11 bridgehead atoms. The van der Waals surface area contributed by atoms with Crippen LogP contribution in [0.5, 0.6) is 51.7 Å². The molecular weight excluding hydrogens is 1710 g/mol. The Labute approximate surface area is 747 Å². The zero-order valence-corrected chi connectivity index (χ0v) is 73.2. The van der Waals surface area contributed by atoms with E-state index in [4.69, 9.17) is 77.3 Å². The number of primary amides is 1. The molecule has 39 heteroatoms. The second kappa shape index (κ2) is 41.6. The first-order valence-electron chi connectivity index (χ1n) is 42.5. The van der Waals surface area contributed by atoms with Crippen molar-refractivity contribution in [1.82, 2.24) is 42.5 Å². The summed E-state index contributed by atoms with van der Waals surface area (Å²) in [6.07, 6.45) is -15.0. The van der Waals surface area contributed by atoms with E-state index in [-0.39, 0.29) is 59.2 Å². The Morgan fingerprint density at radius 3 is 1.88 bits per heavy atom. The van der Waals surface area contributed by atoms with Crippen molar-refractivity contribution in [2.45, 2.75) is 259 Å². The lowest BCUT2D eigenvalue weighted by molar-refractivity contribution is -0.334. The Bertz CT molecular complexity index is 5040. The van der Waals surface area contributed by atoms with E-state index in [0.29, 0.717) is 12.4 Å². The number of carbonyl (C=O) groups excluding carboxylic acids is 7. The van der Waals surface area contributed by atoms with Gasteiger partial charge in [-0.1, -0.05) is 113 Å². The van der Waals surface area contributed by atoms with E-state index in [1.165, 1.54) is 76.9 Å². The largest absolute Gasteiger partial charge is 0.508 e.